The van der Waals surface area contributed by atoms with Gasteiger partial charge in [0.15, 0.2) is 0 Å². The molecule has 0 atom stereocenters. The Kier molecular flexibility index (Phi) is 4.18. The zero-order valence-corrected chi connectivity index (χ0v) is 11.1. The summed E-state index contributed by atoms with van der Waals surface area (Å²) in [6, 6.07) is 2.14. The number of hydrogen-bond acceptors (Lipinski definition) is 3. The minimum Gasteiger partial charge on any atom is -0.387 e. The first kappa shape index (κ1) is 12.9. The summed E-state index contributed by atoms with van der Waals surface area (Å²) in [5.74, 6) is 0.774. The van der Waals surface area contributed by atoms with Crippen LogP contribution in [0.15, 0.2) is 18.5 Å². The van der Waals surface area contributed by atoms with Crippen LogP contribution < -0.4 is 10.6 Å². The third kappa shape index (κ3) is 3.00. The van der Waals surface area contributed by atoms with Crippen molar-refractivity contribution in [1.82, 2.24) is 10.3 Å². The molecule has 0 spiro atoms. The summed E-state index contributed by atoms with van der Waals surface area (Å²) in [4.78, 5) is 16.2. The lowest BCUT2D eigenvalue weighted by atomic mass is 9.87. The quantitative estimate of drug-likeness (QED) is 0.862. The summed E-state index contributed by atoms with van der Waals surface area (Å²) in [5, 5.41) is 6.13. The molecule has 1 aromatic rings. The predicted octanol–water partition coefficient (Wildman–Crippen LogP) is 2.43. The highest BCUT2D eigenvalue weighted by molar-refractivity contribution is 5.99. The molecule has 1 aliphatic carbocycles. The van der Waals surface area contributed by atoms with Crippen LogP contribution in [-0.4, -0.2) is 24.0 Å². The molecule has 0 aliphatic heterocycles. The lowest BCUT2D eigenvalue weighted by molar-refractivity contribution is 0.0923. The topological polar surface area (TPSA) is 54.0 Å². The van der Waals surface area contributed by atoms with Crippen molar-refractivity contribution < 1.29 is 4.79 Å². The fourth-order valence-electron chi connectivity index (χ4n) is 2.46. The Hall–Kier alpha value is -1.58. The fraction of sp³-hybridized carbons (Fsp3) is 0.571. The molecule has 0 saturated heterocycles. The SMILES string of the molecule is CNc1ccncc1C(=O)NC1CCC(C)CC1. The zero-order valence-electron chi connectivity index (χ0n) is 11.1. The van der Waals surface area contributed by atoms with Crippen molar-refractivity contribution in [1.29, 1.82) is 0 Å². The molecule has 0 unspecified atom stereocenters. The van der Waals surface area contributed by atoms with Gasteiger partial charge in [-0.25, -0.2) is 0 Å². The maximum atomic E-state index is 12.2. The van der Waals surface area contributed by atoms with Crippen molar-refractivity contribution >= 4 is 11.6 Å². The summed E-state index contributed by atoms with van der Waals surface area (Å²) in [5.41, 5.74) is 1.45. The number of pyridine rings is 1. The van der Waals surface area contributed by atoms with Gasteiger partial charge in [-0.15, -0.1) is 0 Å². The molecule has 1 saturated carbocycles. The van der Waals surface area contributed by atoms with E-state index in [1.54, 1.807) is 12.4 Å². The highest BCUT2D eigenvalue weighted by Gasteiger charge is 2.21. The molecule has 4 heteroatoms. The highest BCUT2D eigenvalue weighted by Crippen LogP contribution is 2.24. The Morgan fingerprint density at radius 3 is 2.72 bits per heavy atom. The Labute approximate surface area is 108 Å². The second kappa shape index (κ2) is 5.85. The summed E-state index contributed by atoms with van der Waals surface area (Å²) < 4.78 is 0. The predicted molar refractivity (Wildman–Crippen MR) is 72.7 cm³/mol. The molecule has 1 amide bonds. The summed E-state index contributed by atoms with van der Waals surface area (Å²) in [6.07, 6.45) is 7.88. The number of nitrogens with zero attached hydrogens (tertiary/aromatic N) is 1. The van der Waals surface area contributed by atoms with Gasteiger partial charge in [-0.05, 0) is 37.7 Å². The van der Waals surface area contributed by atoms with E-state index in [1.165, 1.54) is 12.8 Å². The Morgan fingerprint density at radius 1 is 1.33 bits per heavy atom. The van der Waals surface area contributed by atoms with Gasteiger partial charge in [0, 0.05) is 31.2 Å². The Morgan fingerprint density at radius 2 is 2.06 bits per heavy atom. The molecule has 1 aliphatic rings. The van der Waals surface area contributed by atoms with Crippen LogP contribution in [0.2, 0.25) is 0 Å². The first-order chi connectivity index (χ1) is 8.70. The van der Waals surface area contributed by atoms with Gasteiger partial charge in [0.2, 0.25) is 0 Å². The average molecular weight is 247 g/mol. The van der Waals surface area contributed by atoms with E-state index >= 15 is 0 Å². The number of hydrogen-bond donors (Lipinski definition) is 2. The number of rotatable bonds is 3. The molecular weight excluding hydrogens is 226 g/mol. The number of anilines is 1. The van der Waals surface area contributed by atoms with Crippen molar-refractivity contribution in [3.63, 3.8) is 0 Å². The molecule has 2 N–H and O–H groups in total. The maximum Gasteiger partial charge on any atom is 0.255 e. The van der Waals surface area contributed by atoms with Gasteiger partial charge in [-0.3, -0.25) is 9.78 Å². The molecule has 1 fully saturated rings. The van der Waals surface area contributed by atoms with Gasteiger partial charge < -0.3 is 10.6 Å². The summed E-state index contributed by atoms with van der Waals surface area (Å²) in [6.45, 7) is 2.28. The molecule has 0 aromatic carbocycles. The van der Waals surface area contributed by atoms with E-state index in [0.29, 0.717) is 11.6 Å². The lowest BCUT2D eigenvalue weighted by Crippen LogP contribution is -2.37. The molecule has 18 heavy (non-hydrogen) atoms. The third-order valence-electron chi connectivity index (χ3n) is 3.69. The maximum absolute atomic E-state index is 12.2. The highest BCUT2D eigenvalue weighted by atomic mass is 16.1. The molecule has 1 heterocycles. The number of carbonyl (C=O) groups excluding carboxylic acids is 1. The molecule has 1 aromatic heterocycles. The van der Waals surface area contributed by atoms with Crippen LogP contribution in [0.25, 0.3) is 0 Å². The normalized spacial score (nSPS) is 23.4. The number of carbonyl (C=O) groups is 1. The monoisotopic (exact) mass is 247 g/mol. The fourth-order valence-corrected chi connectivity index (χ4v) is 2.46. The molecule has 2 rings (SSSR count). The van der Waals surface area contributed by atoms with Crippen molar-refractivity contribution in [2.75, 3.05) is 12.4 Å². The van der Waals surface area contributed by atoms with E-state index in [2.05, 4.69) is 22.5 Å². The number of nitrogens with one attached hydrogen (secondary N) is 2. The van der Waals surface area contributed by atoms with Gasteiger partial charge in [-0.2, -0.15) is 0 Å². The van der Waals surface area contributed by atoms with E-state index in [4.69, 9.17) is 0 Å². The van der Waals surface area contributed by atoms with Gasteiger partial charge in [0.05, 0.1) is 5.56 Å². The molecular formula is C14H21N3O. The van der Waals surface area contributed by atoms with Crippen LogP contribution in [0.4, 0.5) is 5.69 Å². The van der Waals surface area contributed by atoms with Crippen molar-refractivity contribution in [3.8, 4) is 0 Å². The number of aromatic nitrogens is 1. The summed E-state index contributed by atoms with van der Waals surface area (Å²) >= 11 is 0. The van der Waals surface area contributed by atoms with Gasteiger partial charge in [0.25, 0.3) is 5.91 Å². The summed E-state index contributed by atoms with van der Waals surface area (Å²) in [7, 11) is 1.81. The molecule has 0 radical (unpaired) electrons. The van der Waals surface area contributed by atoms with Gasteiger partial charge in [-0.1, -0.05) is 6.92 Å². The van der Waals surface area contributed by atoms with E-state index in [-0.39, 0.29) is 5.91 Å². The second-order valence-electron chi connectivity index (χ2n) is 5.10. The van der Waals surface area contributed by atoms with Crippen molar-refractivity contribution in [3.05, 3.63) is 24.0 Å². The van der Waals surface area contributed by atoms with Crippen LogP contribution in [0.3, 0.4) is 0 Å². The number of amides is 1. The van der Waals surface area contributed by atoms with Gasteiger partial charge in [0.1, 0.15) is 0 Å². The van der Waals surface area contributed by atoms with Crippen LogP contribution in [0.5, 0.6) is 0 Å². The van der Waals surface area contributed by atoms with Crippen molar-refractivity contribution in [2.24, 2.45) is 5.92 Å². The molecule has 4 nitrogen and oxygen atoms in total. The van der Waals surface area contributed by atoms with Crippen LogP contribution in [-0.2, 0) is 0 Å². The smallest absolute Gasteiger partial charge is 0.255 e. The lowest BCUT2D eigenvalue weighted by Gasteiger charge is -2.27. The first-order valence-electron chi connectivity index (χ1n) is 6.63. The van der Waals surface area contributed by atoms with E-state index in [0.717, 1.165) is 24.4 Å². The molecule has 0 bridgehead atoms. The first-order valence-corrected chi connectivity index (χ1v) is 6.63. The van der Waals surface area contributed by atoms with E-state index < -0.39 is 0 Å². The standard InChI is InChI=1S/C14H21N3O/c1-10-3-5-11(6-4-10)17-14(18)12-9-16-8-7-13(12)15-2/h7-11H,3-6H2,1-2H3,(H,15,16)(H,17,18). The van der Waals surface area contributed by atoms with Crippen LogP contribution in [0.1, 0.15) is 43.0 Å². The van der Waals surface area contributed by atoms with E-state index in [1.807, 2.05) is 13.1 Å². The van der Waals surface area contributed by atoms with Crippen LogP contribution in [0, 0.1) is 5.92 Å². The minimum absolute atomic E-state index is 0.0213. The van der Waals surface area contributed by atoms with Crippen LogP contribution >= 0.6 is 0 Å². The van der Waals surface area contributed by atoms with Crippen molar-refractivity contribution in [2.45, 2.75) is 38.6 Å². The second-order valence-corrected chi connectivity index (χ2v) is 5.10. The van der Waals surface area contributed by atoms with E-state index in [9.17, 15) is 4.79 Å². The average Bonchev–Trinajstić information content (AvgIpc) is 2.41. The Balaban J connectivity index is 1.99. The zero-order chi connectivity index (χ0) is 13.0. The third-order valence-corrected chi connectivity index (χ3v) is 3.69. The largest absolute Gasteiger partial charge is 0.387 e. The van der Waals surface area contributed by atoms with Gasteiger partial charge >= 0.3 is 0 Å². The molecule has 98 valence electrons. The minimum atomic E-state index is -0.0213. The Bertz CT molecular complexity index is 411.